The number of ether oxygens (including phenoxy) is 1. The van der Waals surface area contributed by atoms with Crippen molar-refractivity contribution >= 4 is 17.6 Å². The van der Waals surface area contributed by atoms with Gasteiger partial charge >= 0.3 is 12.6 Å². The second kappa shape index (κ2) is 5.23. The Bertz CT molecular complexity index is 614. The molecule has 0 fully saturated rings. The van der Waals surface area contributed by atoms with Gasteiger partial charge in [0.05, 0.1) is 5.02 Å². The molecule has 0 aliphatic carbocycles. The zero-order valence-electron chi connectivity index (χ0n) is 9.14. The maximum absolute atomic E-state index is 12.0. The number of aromatic carboxylic acids is 1. The van der Waals surface area contributed by atoms with Crippen LogP contribution in [0.25, 0.3) is 11.3 Å². The number of carbonyl (C=O) groups is 1. The van der Waals surface area contributed by atoms with Gasteiger partial charge in [-0.1, -0.05) is 16.8 Å². The predicted octanol–water partition coefficient (Wildman–Crippen LogP) is 3.29. The van der Waals surface area contributed by atoms with Crippen molar-refractivity contribution in [2.75, 3.05) is 0 Å². The van der Waals surface area contributed by atoms with Crippen LogP contribution in [0.5, 0.6) is 5.75 Å². The van der Waals surface area contributed by atoms with Crippen LogP contribution in [0.15, 0.2) is 28.8 Å². The van der Waals surface area contributed by atoms with Gasteiger partial charge in [-0.2, -0.15) is 8.78 Å². The molecule has 0 amide bonds. The van der Waals surface area contributed by atoms with E-state index in [4.69, 9.17) is 21.2 Å². The Labute approximate surface area is 110 Å². The van der Waals surface area contributed by atoms with Crippen LogP contribution in [-0.4, -0.2) is 22.8 Å². The summed E-state index contributed by atoms with van der Waals surface area (Å²) in [4.78, 5) is 10.6. The van der Waals surface area contributed by atoms with E-state index in [1.165, 1.54) is 24.3 Å². The van der Waals surface area contributed by atoms with Crippen molar-refractivity contribution in [2.24, 2.45) is 0 Å². The van der Waals surface area contributed by atoms with E-state index >= 15 is 0 Å². The molecule has 0 unspecified atom stereocenters. The summed E-state index contributed by atoms with van der Waals surface area (Å²) < 4.78 is 33.1. The highest BCUT2D eigenvalue weighted by atomic mass is 35.5. The van der Waals surface area contributed by atoms with E-state index in [9.17, 15) is 13.6 Å². The molecule has 5 nitrogen and oxygen atoms in total. The van der Waals surface area contributed by atoms with E-state index in [1.54, 1.807) is 0 Å². The first-order valence-electron chi connectivity index (χ1n) is 4.92. The minimum absolute atomic E-state index is 0.0499. The highest BCUT2D eigenvalue weighted by molar-refractivity contribution is 6.32. The van der Waals surface area contributed by atoms with Gasteiger partial charge in [-0.25, -0.2) is 4.79 Å². The molecule has 0 saturated carbocycles. The summed E-state index contributed by atoms with van der Waals surface area (Å²) in [6, 6.07) is 5.13. The third-order valence-electron chi connectivity index (χ3n) is 2.16. The van der Waals surface area contributed by atoms with Crippen molar-refractivity contribution in [1.82, 2.24) is 5.16 Å². The first-order valence-corrected chi connectivity index (χ1v) is 5.30. The minimum Gasteiger partial charge on any atom is -0.476 e. The zero-order valence-corrected chi connectivity index (χ0v) is 9.90. The lowest BCUT2D eigenvalue weighted by Gasteiger charge is -2.06. The molecular formula is C11H6ClF2NO4. The normalized spacial score (nSPS) is 10.7. The smallest absolute Gasteiger partial charge is 0.387 e. The number of halogens is 3. The van der Waals surface area contributed by atoms with E-state index in [2.05, 4.69) is 9.89 Å². The average molecular weight is 290 g/mol. The van der Waals surface area contributed by atoms with Crippen molar-refractivity contribution in [3.8, 4) is 17.1 Å². The van der Waals surface area contributed by atoms with E-state index in [-0.39, 0.29) is 22.2 Å². The number of carboxylic acids is 1. The summed E-state index contributed by atoms with van der Waals surface area (Å²) in [5.74, 6) is -1.26. The molecule has 0 radical (unpaired) electrons. The van der Waals surface area contributed by atoms with Gasteiger partial charge in [0.15, 0.2) is 11.5 Å². The molecule has 1 aromatic heterocycles. The van der Waals surface area contributed by atoms with Gasteiger partial charge in [-0.3, -0.25) is 0 Å². The highest BCUT2D eigenvalue weighted by Crippen LogP contribution is 2.31. The topological polar surface area (TPSA) is 72.6 Å². The maximum Gasteiger partial charge on any atom is 0.387 e. The second-order valence-electron chi connectivity index (χ2n) is 3.41. The fraction of sp³-hybridized carbons (Fsp3) is 0.0909. The van der Waals surface area contributed by atoms with Crippen LogP contribution in [0.2, 0.25) is 5.02 Å². The van der Waals surface area contributed by atoms with Crippen LogP contribution in [0, 0.1) is 0 Å². The van der Waals surface area contributed by atoms with E-state index in [1.807, 2.05) is 0 Å². The molecule has 19 heavy (non-hydrogen) atoms. The molecule has 100 valence electrons. The highest BCUT2D eigenvalue weighted by Gasteiger charge is 2.14. The molecule has 1 aromatic carbocycles. The molecule has 0 aliphatic rings. The molecule has 0 spiro atoms. The number of alkyl halides is 2. The minimum atomic E-state index is -2.98. The van der Waals surface area contributed by atoms with Gasteiger partial charge in [0.25, 0.3) is 0 Å². The Kier molecular flexibility index (Phi) is 3.66. The van der Waals surface area contributed by atoms with Crippen LogP contribution in [0.1, 0.15) is 10.5 Å². The third-order valence-corrected chi connectivity index (χ3v) is 2.46. The molecule has 0 bridgehead atoms. The fourth-order valence-electron chi connectivity index (χ4n) is 1.36. The summed E-state index contributed by atoms with van der Waals surface area (Å²) in [7, 11) is 0. The summed E-state index contributed by atoms with van der Waals surface area (Å²) in [5.41, 5.74) is 0.130. The Hall–Kier alpha value is -2.15. The lowest BCUT2D eigenvalue weighted by Crippen LogP contribution is -2.02. The van der Waals surface area contributed by atoms with Crippen LogP contribution in [0.3, 0.4) is 0 Å². The average Bonchev–Trinajstić information content (AvgIpc) is 2.80. The quantitative estimate of drug-likeness (QED) is 0.935. The fourth-order valence-corrected chi connectivity index (χ4v) is 1.58. The predicted molar refractivity (Wildman–Crippen MR) is 60.5 cm³/mol. The van der Waals surface area contributed by atoms with Gasteiger partial charge in [-0.15, -0.1) is 0 Å². The van der Waals surface area contributed by atoms with Crippen molar-refractivity contribution < 1.29 is 27.9 Å². The number of benzene rings is 1. The van der Waals surface area contributed by atoms with E-state index in [0.29, 0.717) is 5.56 Å². The molecule has 0 saturated heterocycles. The number of nitrogens with zero attached hydrogens (tertiary/aromatic N) is 1. The van der Waals surface area contributed by atoms with Gasteiger partial charge in [0.1, 0.15) is 5.75 Å². The number of rotatable bonds is 4. The van der Waals surface area contributed by atoms with E-state index < -0.39 is 12.6 Å². The monoisotopic (exact) mass is 289 g/mol. The SMILES string of the molecule is O=C(O)c1cc(-c2ccc(OC(F)F)c(Cl)c2)on1. The third kappa shape index (κ3) is 3.00. The van der Waals surface area contributed by atoms with Crippen LogP contribution < -0.4 is 4.74 Å². The molecular weight excluding hydrogens is 284 g/mol. The van der Waals surface area contributed by atoms with Gasteiger partial charge < -0.3 is 14.4 Å². The first kappa shape index (κ1) is 13.3. The van der Waals surface area contributed by atoms with Crippen LogP contribution in [-0.2, 0) is 0 Å². The summed E-state index contributed by atoms with van der Waals surface area (Å²) in [6.07, 6.45) is 0. The molecule has 8 heteroatoms. The maximum atomic E-state index is 12.0. The van der Waals surface area contributed by atoms with E-state index in [0.717, 1.165) is 0 Å². The lowest BCUT2D eigenvalue weighted by atomic mass is 10.1. The number of hydrogen-bond donors (Lipinski definition) is 1. The van der Waals surface area contributed by atoms with Crippen LogP contribution >= 0.6 is 11.6 Å². The van der Waals surface area contributed by atoms with Gasteiger partial charge in [0, 0.05) is 11.6 Å². The first-order chi connectivity index (χ1) is 8.97. The summed E-state index contributed by atoms with van der Waals surface area (Å²) in [5, 5.41) is 12.0. The number of aromatic nitrogens is 1. The summed E-state index contributed by atoms with van der Waals surface area (Å²) in [6.45, 7) is -2.98. The van der Waals surface area contributed by atoms with Crippen LogP contribution in [0.4, 0.5) is 8.78 Å². The summed E-state index contributed by atoms with van der Waals surface area (Å²) >= 11 is 5.76. The van der Waals surface area contributed by atoms with Crippen molar-refractivity contribution in [2.45, 2.75) is 6.61 Å². The van der Waals surface area contributed by atoms with Crippen molar-refractivity contribution in [1.29, 1.82) is 0 Å². The zero-order chi connectivity index (χ0) is 14.0. The Balaban J connectivity index is 2.30. The van der Waals surface area contributed by atoms with Crippen molar-refractivity contribution in [3.63, 3.8) is 0 Å². The molecule has 0 atom stereocenters. The number of hydrogen-bond acceptors (Lipinski definition) is 4. The molecule has 2 rings (SSSR count). The molecule has 1 heterocycles. The second-order valence-corrected chi connectivity index (χ2v) is 3.81. The molecule has 1 N–H and O–H groups in total. The lowest BCUT2D eigenvalue weighted by molar-refractivity contribution is -0.0497. The van der Waals surface area contributed by atoms with Gasteiger partial charge in [-0.05, 0) is 18.2 Å². The standard InChI is InChI=1S/C11H6ClF2NO4/c12-6-3-5(1-2-8(6)18-11(13)14)9-4-7(10(16)17)15-19-9/h1-4,11H,(H,16,17). The molecule has 2 aromatic rings. The Morgan fingerprint density at radius 3 is 2.68 bits per heavy atom. The largest absolute Gasteiger partial charge is 0.476 e. The Morgan fingerprint density at radius 1 is 1.42 bits per heavy atom. The molecule has 0 aliphatic heterocycles. The van der Waals surface area contributed by atoms with Gasteiger partial charge in [0.2, 0.25) is 0 Å². The van der Waals surface area contributed by atoms with Crippen molar-refractivity contribution in [3.05, 3.63) is 35.0 Å². The Morgan fingerprint density at radius 2 is 2.16 bits per heavy atom. The number of carboxylic acid groups (broad SMARTS) is 1.